The Hall–Kier alpha value is -2.46. The first kappa shape index (κ1) is 13.8. The minimum atomic E-state index is -0.895. The number of benzene rings is 4. The number of aliphatic hydroxyl groups excluding tert-OH is 2. The second-order valence-corrected chi connectivity index (χ2v) is 7.04. The molecule has 2 aliphatic rings. The molecule has 25 heavy (non-hydrogen) atoms. The Morgan fingerprint density at radius 3 is 1.92 bits per heavy atom. The van der Waals surface area contributed by atoms with Crippen LogP contribution in [-0.4, -0.2) is 22.4 Å². The van der Waals surface area contributed by atoms with Crippen LogP contribution in [0.1, 0.15) is 23.3 Å². The van der Waals surface area contributed by atoms with Gasteiger partial charge in [-0.3, -0.25) is 0 Å². The molecule has 4 aromatic rings. The highest BCUT2D eigenvalue weighted by atomic mass is 16.6. The van der Waals surface area contributed by atoms with Crippen molar-refractivity contribution in [3.8, 4) is 0 Å². The average Bonchev–Trinajstić information content (AvgIpc) is 3.46. The number of fused-ring (bicyclic) bond motifs is 10. The lowest BCUT2D eigenvalue weighted by Crippen LogP contribution is -2.29. The lowest BCUT2D eigenvalue weighted by atomic mass is 9.81. The Kier molecular flexibility index (Phi) is 2.53. The van der Waals surface area contributed by atoms with Crippen LogP contribution < -0.4 is 0 Å². The topological polar surface area (TPSA) is 53.0 Å². The van der Waals surface area contributed by atoms with Gasteiger partial charge in [-0.05, 0) is 43.4 Å². The molecule has 1 fully saturated rings. The van der Waals surface area contributed by atoms with Crippen molar-refractivity contribution < 1.29 is 14.9 Å². The van der Waals surface area contributed by atoms with Crippen LogP contribution in [-0.2, 0) is 4.74 Å². The van der Waals surface area contributed by atoms with Gasteiger partial charge in [0.2, 0.25) is 0 Å². The molecule has 4 aromatic carbocycles. The third-order valence-corrected chi connectivity index (χ3v) is 5.77. The van der Waals surface area contributed by atoms with Gasteiger partial charge in [-0.15, -0.1) is 0 Å². The fraction of sp³-hybridized carbons (Fsp3) is 0.182. The van der Waals surface area contributed by atoms with Gasteiger partial charge in [-0.25, -0.2) is 0 Å². The van der Waals surface area contributed by atoms with Gasteiger partial charge < -0.3 is 14.9 Å². The fourth-order valence-corrected chi connectivity index (χ4v) is 4.58. The van der Waals surface area contributed by atoms with Gasteiger partial charge in [0, 0.05) is 0 Å². The van der Waals surface area contributed by atoms with Gasteiger partial charge in [0.1, 0.15) is 24.4 Å². The van der Waals surface area contributed by atoms with Crippen molar-refractivity contribution in [1.29, 1.82) is 0 Å². The number of epoxide rings is 1. The first-order chi connectivity index (χ1) is 12.3. The standard InChI is InChI=1S/C22H16O3/c23-19-16-10-9-15-13-7-2-1-5-11(13)12-6-3-4-8-14(12)17(15)18(16)21-22(25-21)20(19)24/h1-10,19-24H/t19-,20+,21+,22-/m0/s1. The van der Waals surface area contributed by atoms with Gasteiger partial charge >= 0.3 is 0 Å². The molecule has 2 N–H and O–H groups in total. The summed E-state index contributed by atoms with van der Waals surface area (Å²) in [7, 11) is 0. The molecule has 1 aliphatic heterocycles. The maximum Gasteiger partial charge on any atom is 0.118 e. The second-order valence-electron chi connectivity index (χ2n) is 7.04. The van der Waals surface area contributed by atoms with Crippen LogP contribution in [0.2, 0.25) is 0 Å². The van der Waals surface area contributed by atoms with Crippen LogP contribution in [0.15, 0.2) is 60.7 Å². The highest BCUT2D eigenvalue weighted by molar-refractivity contribution is 6.26. The molecule has 3 nitrogen and oxygen atoms in total. The molecule has 0 spiro atoms. The third kappa shape index (κ3) is 1.65. The molecule has 0 aromatic heterocycles. The minimum absolute atomic E-state index is 0.123. The Balaban J connectivity index is 1.88. The maximum absolute atomic E-state index is 10.5. The quantitative estimate of drug-likeness (QED) is 0.379. The van der Waals surface area contributed by atoms with Crippen LogP contribution in [0.25, 0.3) is 32.3 Å². The van der Waals surface area contributed by atoms with Crippen molar-refractivity contribution in [2.45, 2.75) is 24.4 Å². The molecule has 0 radical (unpaired) electrons. The highest BCUT2D eigenvalue weighted by Crippen LogP contribution is 2.54. The summed E-state index contributed by atoms with van der Waals surface area (Å²) >= 11 is 0. The lowest BCUT2D eigenvalue weighted by molar-refractivity contribution is 0.000110. The average molecular weight is 328 g/mol. The molecule has 0 amide bonds. The van der Waals surface area contributed by atoms with Crippen molar-refractivity contribution in [2.75, 3.05) is 0 Å². The first-order valence-electron chi connectivity index (χ1n) is 8.63. The molecule has 1 aliphatic carbocycles. The van der Waals surface area contributed by atoms with Crippen molar-refractivity contribution >= 4 is 32.3 Å². The van der Waals surface area contributed by atoms with Crippen LogP contribution in [0.4, 0.5) is 0 Å². The SMILES string of the molecule is O[C@H]1[C@@H]2O[C@@H]2c2c(ccc3c4ccccc4c4ccccc4c23)[C@@H]1O. The molecular weight excluding hydrogens is 312 g/mol. The van der Waals surface area contributed by atoms with E-state index >= 15 is 0 Å². The maximum atomic E-state index is 10.5. The van der Waals surface area contributed by atoms with E-state index in [4.69, 9.17) is 4.74 Å². The van der Waals surface area contributed by atoms with Gasteiger partial charge in [-0.1, -0.05) is 60.7 Å². The van der Waals surface area contributed by atoms with E-state index in [1.165, 1.54) is 26.9 Å². The summed E-state index contributed by atoms with van der Waals surface area (Å²) in [6, 6.07) is 20.9. The molecule has 1 heterocycles. The molecule has 4 atom stereocenters. The summed E-state index contributed by atoms with van der Waals surface area (Å²) in [6.45, 7) is 0. The summed E-state index contributed by atoms with van der Waals surface area (Å²) in [6.07, 6.45) is -2.16. The van der Waals surface area contributed by atoms with Gasteiger partial charge in [0.25, 0.3) is 0 Å². The van der Waals surface area contributed by atoms with E-state index in [2.05, 4.69) is 54.6 Å². The van der Waals surface area contributed by atoms with Crippen molar-refractivity contribution in [3.63, 3.8) is 0 Å². The lowest BCUT2D eigenvalue weighted by Gasteiger charge is -2.25. The van der Waals surface area contributed by atoms with Crippen LogP contribution >= 0.6 is 0 Å². The molecule has 3 heteroatoms. The van der Waals surface area contributed by atoms with E-state index in [0.29, 0.717) is 0 Å². The Labute approximate surface area is 144 Å². The number of rotatable bonds is 0. The monoisotopic (exact) mass is 328 g/mol. The number of aliphatic hydroxyl groups is 2. The van der Waals surface area contributed by atoms with E-state index in [1.807, 2.05) is 6.07 Å². The zero-order valence-corrected chi connectivity index (χ0v) is 13.4. The smallest absolute Gasteiger partial charge is 0.118 e. The fourth-order valence-electron chi connectivity index (χ4n) is 4.58. The number of ether oxygens (including phenoxy) is 1. The minimum Gasteiger partial charge on any atom is -0.387 e. The first-order valence-corrected chi connectivity index (χ1v) is 8.63. The second kappa shape index (κ2) is 4.58. The van der Waals surface area contributed by atoms with Crippen LogP contribution in [0.3, 0.4) is 0 Å². The van der Waals surface area contributed by atoms with E-state index in [-0.39, 0.29) is 12.2 Å². The van der Waals surface area contributed by atoms with Crippen molar-refractivity contribution in [1.82, 2.24) is 0 Å². The largest absolute Gasteiger partial charge is 0.387 e. The van der Waals surface area contributed by atoms with E-state index in [9.17, 15) is 10.2 Å². The summed E-state index contributed by atoms with van der Waals surface area (Å²) in [5.74, 6) is 0. The van der Waals surface area contributed by atoms with Crippen molar-refractivity contribution in [2.24, 2.45) is 0 Å². The van der Waals surface area contributed by atoms with Gasteiger partial charge in [-0.2, -0.15) is 0 Å². The van der Waals surface area contributed by atoms with E-state index < -0.39 is 12.2 Å². The van der Waals surface area contributed by atoms with Gasteiger partial charge in [0.15, 0.2) is 0 Å². The van der Waals surface area contributed by atoms with Crippen molar-refractivity contribution in [3.05, 3.63) is 71.8 Å². The zero-order chi connectivity index (χ0) is 16.7. The molecule has 6 rings (SSSR count). The Morgan fingerprint density at radius 2 is 1.24 bits per heavy atom. The Morgan fingerprint density at radius 1 is 0.680 bits per heavy atom. The molecule has 0 saturated carbocycles. The summed E-state index contributed by atoms with van der Waals surface area (Å²) in [5, 5.41) is 27.9. The van der Waals surface area contributed by atoms with Crippen LogP contribution in [0.5, 0.6) is 0 Å². The summed E-state index contributed by atoms with van der Waals surface area (Å²) in [5.41, 5.74) is 1.83. The predicted octanol–water partition coefficient (Wildman–Crippen LogP) is 3.99. The van der Waals surface area contributed by atoms with E-state index in [0.717, 1.165) is 16.5 Å². The van der Waals surface area contributed by atoms with Gasteiger partial charge in [0.05, 0.1) is 0 Å². The van der Waals surface area contributed by atoms with E-state index in [1.54, 1.807) is 0 Å². The molecule has 0 bridgehead atoms. The molecule has 122 valence electrons. The van der Waals surface area contributed by atoms with Crippen LogP contribution in [0, 0.1) is 0 Å². The third-order valence-electron chi connectivity index (χ3n) is 5.77. The summed E-state index contributed by atoms with van der Waals surface area (Å²) < 4.78 is 5.75. The molecule has 1 saturated heterocycles. The predicted molar refractivity (Wildman–Crippen MR) is 97.5 cm³/mol. The molecular formula is C22H16O3. The zero-order valence-electron chi connectivity index (χ0n) is 13.4. The highest BCUT2D eigenvalue weighted by Gasteiger charge is 2.54. The summed E-state index contributed by atoms with van der Waals surface area (Å²) in [4.78, 5) is 0. The molecule has 0 unspecified atom stereocenters. The Bertz CT molecular complexity index is 1140. The number of hydrogen-bond acceptors (Lipinski definition) is 3. The normalized spacial score (nSPS) is 27.4. The number of hydrogen-bond donors (Lipinski definition) is 2.